The van der Waals surface area contributed by atoms with E-state index in [2.05, 4.69) is 10.4 Å². The minimum atomic E-state index is -0.330. The first-order valence-electron chi connectivity index (χ1n) is 6.88. The summed E-state index contributed by atoms with van der Waals surface area (Å²) in [6.07, 6.45) is 3.06. The Morgan fingerprint density at radius 3 is 2.75 bits per heavy atom. The van der Waals surface area contributed by atoms with Gasteiger partial charge < -0.3 is 5.32 Å². The van der Waals surface area contributed by atoms with E-state index in [9.17, 15) is 4.79 Å². The Kier molecular flexibility index (Phi) is 4.52. The molecule has 118 valence electrons. The summed E-state index contributed by atoms with van der Waals surface area (Å²) in [6, 6.07) is 13.8. The molecule has 1 heterocycles. The number of anilines is 1. The molecule has 0 radical (unpaired) electrons. The van der Waals surface area contributed by atoms with Crippen molar-refractivity contribution in [1.82, 2.24) is 9.78 Å². The normalized spacial score (nSPS) is 10.2. The molecule has 0 atom stereocenters. The molecule has 1 amide bonds. The summed E-state index contributed by atoms with van der Waals surface area (Å²) in [7, 11) is 0. The maximum absolute atomic E-state index is 12.3. The Morgan fingerprint density at radius 2 is 2.04 bits per heavy atom. The number of hydrogen-bond donors (Lipinski definition) is 1. The Hall–Kier alpha value is -2.81. The van der Waals surface area contributed by atoms with Crippen LogP contribution in [0.4, 0.5) is 5.69 Å². The molecule has 0 fully saturated rings. The van der Waals surface area contributed by atoms with Crippen LogP contribution in [-0.4, -0.2) is 15.7 Å². The summed E-state index contributed by atoms with van der Waals surface area (Å²) < 4.78 is 1.56. The molecular weight excluding hydrogens is 347 g/mol. The molecule has 1 aromatic heterocycles. The summed E-state index contributed by atoms with van der Waals surface area (Å²) >= 11 is 11.9. The zero-order valence-electron chi connectivity index (χ0n) is 12.2. The molecule has 3 aromatic rings. The molecule has 24 heavy (non-hydrogen) atoms. The molecule has 2 aromatic carbocycles. The highest BCUT2D eigenvalue weighted by atomic mass is 35.5. The minimum absolute atomic E-state index is 0.282. The zero-order chi connectivity index (χ0) is 17.1. The quantitative estimate of drug-likeness (QED) is 0.760. The molecule has 0 bridgehead atoms. The topological polar surface area (TPSA) is 70.7 Å². The number of halogens is 2. The Balaban J connectivity index is 1.79. The molecule has 3 rings (SSSR count). The van der Waals surface area contributed by atoms with Gasteiger partial charge in [-0.3, -0.25) is 4.79 Å². The zero-order valence-corrected chi connectivity index (χ0v) is 13.7. The van der Waals surface area contributed by atoms with Crippen LogP contribution in [0.25, 0.3) is 5.69 Å². The molecule has 0 spiro atoms. The van der Waals surface area contributed by atoms with Crippen molar-refractivity contribution in [3.8, 4) is 11.8 Å². The largest absolute Gasteiger partial charge is 0.322 e. The molecule has 0 unspecified atom stereocenters. The van der Waals surface area contributed by atoms with Gasteiger partial charge in [-0.15, -0.1) is 0 Å². The fourth-order valence-corrected chi connectivity index (χ4v) is 2.49. The minimum Gasteiger partial charge on any atom is -0.322 e. The van der Waals surface area contributed by atoms with Gasteiger partial charge in [-0.2, -0.15) is 10.4 Å². The highest BCUT2D eigenvalue weighted by Crippen LogP contribution is 2.21. The molecule has 0 saturated heterocycles. The number of nitriles is 1. The molecular formula is C17H10Cl2N4O. The Bertz CT molecular complexity index is 959. The van der Waals surface area contributed by atoms with Gasteiger partial charge in [-0.1, -0.05) is 29.3 Å². The van der Waals surface area contributed by atoms with Crippen LogP contribution in [-0.2, 0) is 0 Å². The summed E-state index contributed by atoms with van der Waals surface area (Å²) in [6.45, 7) is 0. The lowest BCUT2D eigenvalue weighted by Gasteiger charge is -2.05. The summed E-state index contributed by atoms with van der Waals surface area (Å²) in [5.74, 6) is -0.330. The van der Waals surface area contributed by atoms with Crippen LogP contribution in [0.15, 0.2) is 54.9 Å². The van der Waals surface area contributed by atoms with Crippen LogP contribution in [0.1, 0.15) is 15.9 Å². The number of benzene rings is 2. The lowest BCUT2D eigenvalue weighted by Crippen LogP contribution is -2.11. The van der Waals surface area contributed by atoms with Crippen LogP contribution in [0, 0.1) is 11.3 Å². The van der Waals surface area contributed by atoms with E-state index in [1.165, 1.54) is 12.3 Å². The third-order valence-corrected chi connectivity index (χ3v) is 3.81. The lowest BCUT2D eigenvalue weighted by molar-refractivity contribution is 0.102. The van der Waals surface area contributed by atoms with Gasteiger partial charge >= 0.3 is 0 Å². The van der Waals surface area contributed by atoms with Crippen molar-refractivity contribution in [3.05, 3.63) is 76.0 Å². The second-order valence-corrected chi connectivity index (χ2v) is 5.76. The van der Waals surface area contributed by atoms with Gasteiger partial charge in [0.2, 0.25) is 0 Å². The predicted molar refractivity (Wildman–Crippen MR) is 92.7 cm³/mol. The van der Waals surface area contributed by atoms with Crippen LogP contribution >= 0.6 is 23.2 Å². The van der Waals surface area contributed by atoms with Gasteiger partial charge in [0, 0.05) is 16.9 Å². The van der Waals surface area contributed by atoms with Crippen molar-refractivity contribution < 1.29 is 4.79 Å². The van der Waals surface area contributed by atoms with Crippen molar-refractivity contribution in [2.75, 3.05) is 5.32 Å². The first-order chi connectivity index (χ1) is 11.6. The lowest BCUT2D eigenvalue weighted by atomic mass is 10.2. The van der Waals surface area contributed by atoms with E-state index in [4.69, 9.17) is 28.5 Å². The number of nitrogens with zero attached hydrogens (tertiary/aromatic N) is 3. The van der Waals surface area contributed by atoms with E-state index in [0.717, 1.165) is 5.69 Å². The first-order valence-corrected chi connectivity index (χ1v) is 7.64. The van der Waals surface area contributed by atoms with Gasteiger partial charge in [-0.25, -0.2) is 4.68 Å². The summed E-state index contributed by atoms with van der Waals surface area (Å²) in [4.78, 5) is 12.3. The molecule has 1 N–H and O–H groups in total. The van der Waals surface area contributed by atoms with Crippen LogP contribution < -0.4 is 5.32 Å². The maximum Gasteiger partial charge on any atom is 0.258 e. The molecule has 0 aliphatic heterocycles. The van der Waals surface area contributed by atoms with E-state index in [0.29, 0.717) is 21.8 Å². The third kappa shape index (κ3) is 3.40. The number of rotatable bonds is 3. The van der Waals surface area contributed by atoms with Crippen LogP contribution in [0.2, 0.25) is 10.0 Å². The van der Waals surface area contributed by atoms with Gasteiger partial charge in [0.05, 0.1) is 28.0 Å². The smallest absolute Gasteiger partial charge is 0.258 e. The Morgan fingerprint density at radius 1 is 1.21 bits per heavy atom. The van der Waals surface area contributed by atoms with E-state index in [1.54, 1.807) is 41.2 Å². The molecule has 0 aliphatic rings. The monoisotopic (exact) mass is 356 g/mol. The molecule has 7 heteroatoms. The maximum atomic E-state index is 12.3. The number of amides is 1. The van der Waals surface area contributed by atoms with Crippen molar-refractivity contribution >= 4 is 34.8 Å². The van der Waals surface area contributed by atoms with Crippen molar-refractivity contribution in [2.24, 2.45) is 0 Å². The number of hydrogen-bond acceptors (Lipinski definition) is 3. The van der Waals surface area contributed by atoms with E-state index in [1.807, 2.05) is 12.1 Å². The van der Waals surface area contributed by atoms with E-state index >= 15 is 0 Å². The fraction of sp³-hybridized carbons (Fsp3) is 0. The Labute approximate surface area is 148 Å². The predicted octanol–water partition coefficient (Wildman–Crippen LogP) is 4.30. The first kappa shape index (κ1) is 16.1. The average Bonchev–Trinajstić information content (AvgIpc) is 3.05. The number of nitrogens with one attached hydrogen (secondary N) is 1. The number of carbonyl (C=O) groups is 1. The van der Waals surface area contributed by atoms with Gasteiger partial charge in [0.15, 0.2) is 0 Å². The second-order valence-electron chi connectivity index (χ2n) is 4.91. The highest BCUT2D eigenvalue weighted by Gasteiger charge is 2.11. The summed E-state index contributed by atoms with van der Waals surface area (Å²) in [5, 5.41) is 16.6. The number of carbonyl (C=O) groups excluding carboxylic acids is 1. The van der Waals surface area contributed by atoms with Crippen molar-refractivity contribution in [2.45, 2.75) is 0 Å². The van der Waals surface area contributed by atoms with Crippen LogP contribution in [0.3, 0.4) is 0 Å². The average molecular weight is 357 g/mol. The van der Waals surface area contributed by atoms with Crippen molar-refractivity contribution in [3.63, 3.8) is 0 Å². The van der Waals surface area contributed by atoms with Gasteiger partial charge in [-0.05, 0) is 36.4 Å². The SMILES string of the molecule is N#Cc1ccc(NC(=O)c2cnn(-c3cccc(Cl)c3)c2)cc1Cl. The second kappa shape index (κ2) is 6.75. The summed E-state index contributed by atoms with van der Waals surface area (Å²) in [5.41, 5.74) is 1.99. The standard InChI is InChI=1S/C17H10Cl2N4O/c18-13-2-1-3-15(6-13)23-10-12(9-21-23)17(24)22-14-5-4-11(8-20)16(19)7-14/h1-7,9-10H,(H,22,24). The van der Waals surface area contributed by atoms with Gasteiger partial charge in [0.1, 0.15) is 6.07 Å². The molecule has 0 saturated carbocycles. The molecule has 0 aliphatic carbocycles. The van der Waals surface area contributed by atoms with E-state index in [-0.39, 0.29) is 10.9 Å². The van der Waals surface area contributed by atoms with E-state index < -0.39 is 0 Å². The third-order valence-electron chi connectivity index (χ3n) is 3.26. The number of aromatic nitrogens is 2. The highest BCUT2D eigenvalue weighted by molar-refractivity contribution is 6.32. The van der Waals surface area contributed by atoms with Crippen LogP contribution in [0.5, 0.6) is 0 Å². The van der Waals surface area contributed by atoms with Gasteiger partial charge in [0.25, 0.3) is 5.91 Å². The van der Waals surface area contributed by atoms with Crippen molar-refractivity contribution in [1.29, 1.82) is 5.26 Å². The fourth-order valence-electron chi connectivity index (χ4n) is 2.09. The molecule has 5 nitrogen and oxygen atoms in total.